The third kappa shape index (κ3) is 3.92. The second-order valence-corrected chi connectivity index (χ2v) is 5.42. The lowest BCUT2D eigenvalue weighted by Crippen LogP contribution is -2.38. The number of aliphatic hydroxyl groups excluding tert-OH is 1. The zero-order chi connectivity index (χ0) is 17.0. The monoisotopic (exact) mass is 323 g/mol. The molecule has 0 aliphatic carbocycles. The van der Waals surface area contributed by atoms with Crippen LogP contribution in [-0.2, 0) is 4.79 Å². The number of carboxylic acids is 1. The van der Waals surface area contributed by atoms with Crippen molar-refractivity contribution in [2.75, 3.05) is 20.3 Å². The van der Waals surface area contributed by atoms with Crippen molar-refractivity contribution in [1.82, 2.24) is 4.90 Å². The van der Waals surface area contributed by atoms with Crippen LogP contribution in [0.5, 0.6) is 11.5 Å². The number of hydrogen-bond donors (Lipinski definition) is 2. The minimum atomic E-state index is -1.05. The Balaban J connectivity index is 2.07. The van der Waals surface area contributed by atoms with Gasteiger partial charge in [0.05, 0.1) is 24.8 Å². The molecule has 0 aromatic heterocycles. The number of hydrogen-bond acceptors (Lipinski definition) is 5. The maximum absolute atomic E-state index is 11.9. The van der Waals surface area contributed by atoms with E-state index in [1.54, 1.807) is 11.8 Å². The summed E-state index contributed by atoms with van der Waals surface area (Å²) in [6, 6.07) is 4.13. The number of β-amino-alcohol motifs (C(OH)–C–C–N with tert-alkyl or cyclic N) is 1. The summed E-state index contributed by atoms with van der Waals surface area (Å²) in [6.07, 6.45) is 0.288. The summed E-state index contributed by atoms with van der Waals surface area (Å²) in [4.78, 5) is 24.5. The number of amides is 1. The third-order valence-corrected chi connectivity index (χ3v) is 3.86. The average Bonchev–Trinajstić information content (AvgIpc) is 2.92. The van der Waals surface area contributed by atoms with Gasteiger partial charge in [0, 0.05) is 13.0 Å². The fourth-order valence-electron chi connectivity index (χ4n) is 2.66. The zero-order valence-corrected chi connectivity index (χ0v) is 13.2. The summed E-state index contributed by atoms with van der Waals surface area (Å²) < 4.78 is 10.8. The molecule has 2 N–H and O–H groups in total. The van der Waals surface area contributed by atoms with E-state index in [1.165, 1.54) is 25.3 Å². The first-order valence-electron chi connectivity index (χ1n) is 7.47. The standard InChI is InChI=1S/C16H21NO6/c1-3-15(19)17-8-12(18)7-11(17)9-23-13-5-4-10(16(20)21)6-14(13)22-2/h4-6,11-12,18H,3,7-9H2,1-2H3,(H,20,21)/t11-,12+/m0/s1. The van der Waals surface area contributed by atoms with Crippen LogP contribution in [0.3, 0.4) is 0 Å². The SMILES string of the molecule is CCC(=O)N1C[C@H](O)C[C@H]1COc1ccc(C(=O)O)cc1OC. The molecule has 126 valence electrons. The van der Waals surface area contributed by atoms with Gasteiger partial charge in [-0.1, -0.05) is 6.92 Å². The molecule has 1 fully saturated rings. The van der Waals surface area contributed by atoms with Crippen molar-refractivity contribution >= 4 is 11.9 Å². The van der Waals surface area contributed by atoms with E-state index >= 15 is 0 Å². The lowest BCUT2D eigenvalue weighted by Gasteiger charge is -2.24. The van der Waals surface area contributed by atoms with Gasteiger partial charge < -0.3 is 24.6 Å². The van der Waals surface area contributed by atoms with E-state index in [9.17, 15) is 14.7 Å². The van der Waals surface area contributed by atoms with E-state index in [1.807, 2.05) is 0 Å². The molecule has 1 aromatic rings. The van der Waals surface area contributed by atoms with Crippen LogP contribution in [0.15, 0.2) is 18.2 Å². The zero-order valence-electron chi connectivity index (χ0n) is 13.2. The number of carbonyl (C=O) groups excluding carboxylic acids is 1. The predicted molar refractivity (Wildman–Crippen MR) is 81.9 cm³/mol. The number of carboxylic acid groups (broad SMARTS) is 1. The molecule has 1 saturated heterocycles. The summed E-state index contributed by atoms with van der Waals surface area (Å²) >= 11 is 0. The molecule has 0 unspecified atom stereocenters. The number of benzene rings is 1. The van der Waals surface area contributed by atoms with Crippen molar-refractivity contribution < 1.29 is 29.3 Å². The summed E-state index contributed by atoms with van der Waals surface area (Å²) in [5, 5.41) is 18.8. The molecule has 2 rings (SSSR count). The van der Waals surface area contributed by atoms with Crippen LogP contribution in [0.4, 0.5) is 0 Å². The number of aliphatic hydroxyl groups is 1. The van der Waals surface area contributed by atoms with Crippen LogP contribution >= 0.6 is 0 Å². The van der Waals surface area contributed by atoms with Gasteiger partial charge in [-0.25, -0.2) is 4.79 Å². The van der Waals surface area contributed by atoms with Gasteiger partial charge in [0.2, 0.25) is 5.91 Å². The number of aromatic carboxylic acids is 1. The molecule has 1 aliphatic rings. The van der Waals surface area contributed by atoms with Crippen molar-refractivity contribution in [1.29, 1.82) is 0 Å². The highest BCUT2D eigenvalue weighted by molar-refractivity contribution is 5.88. The Morgan fingerprint density at radius 1 is 1.35 bits per heavy atom. The first-order valence-corrected chi connectivity index (χ1v) is 7.47. The quantitative estimate of drug-likeness (QED) is 0.815. The average molecular weight is 323 g/mol. The lowest BCUT2D eigenvalue weighted by molar-refractivity contribution is -0.132. The van der Waals surface area contributed by atoms with Crippen LogP contribution in [0.25, 0.3) is 0 Å². The Morgan fingerprint density at radius 2 is 2.09 bits per heavy atom. The van der Waals surface area contributed by atoms with Crippen LogP contribution in [0.1, 0.15) is 30.1 Å². The van der Waals surface area contributed by atoms with Gasteiger partial charge in [-0.3, -0.25) is 4.79 Å². The number of methoxy groups -OCH3 is 1. The second-order valence-electron chi connectivity index (χ2n) is 5.42. The summed E-state index contributed by atoms with van der Waals surface area (Å²) in [7, 11) is 1.43. The third-order valence-electron chi connectivity index (χ3n) is 3.86. The Bertz CT molecular complexity index is 588. The molecule has 7 nitrogen and oxygen atoms in total. The van der Waals surface area contributed by atoms with Crippen LogP contribution in [-0.4, -0.2) is 59.4 Å². The molecule has 1 aromatic carbocycles. The van der Waals surface area contributed by atoms with Crippen molar-refractivity contribution in [3.05, 3.63) is 23.8 Å². The summed E-state index contributed by atoms with van der Waals surface area (Å²) in [6.45, 7) is 2.31. The summed E-state index contributed by atoms with van der Waals surface area (Å²) in [5.74, 6) is -0.351. The maximum Gasteiger partial charge on any atom is 0.335 e. The Labute approximate surface area is 134 Å². The van der Waals surface area contributed by atoms with E-state index in [4.69, 9.17) is 14.6 Å². The highest BCUT2D eigenvalue weighted by Crippen LogP contribution is 2.29. The van der Waals surface area contributed by atoms with Crippen molar-refractivity contribution in [2.24, 2.45) is 0 Å². The predicted octanol–water partition coefficient (Wildman–Crippen LogP) is 1.14. The molecular weight excluding hydrogens is 302 g/mol. The van der Waals surface area contributed by atoms with Crippen LogP contribution < -0.4 is 9.47 Å². The largest absolute Gasteiger partial charge is 0.493 e. The van der Waals surface area contributed by atoms with E-state index in [0.717, 1.165) is 0 Å². The highest BCUT2D eigenvalue weighted by atomic mass is 16.5. The number of ether oxygens (including phenoxy) is 2. The molecule has 7 heteroatoms. The van der Waals surface area contributed by atoms with Crippen molar-refractivity contribution in [3.8, 4) is 11.5 Å². The van der Waals surface area contributed by atoms with Crippen molar-refractivity contribution in [2.45, 2.75) is 31.9 Å². The maximum atomic E-state index is 11.9. The molecule has 1 heterocycles. The minimum absolute atomic E-state index is 0.0247. The molecule has 0 saturated carbocycles. The summed E-state index contributed by atoms with van der Waals surface area (Å²) in [5.41, 5.74) is 0.105. The number of carbonyl (C=O) groups is 2. The Morgan fingerprint density at radius 3 is 2.70 bits per heavy atom. The molecule has 0 radical (unpaired) electrons. The molecule has 23 heavy (non-hydrogen) atoms. The van der Waals surface area contributed by atoms with E-state index < -0.39 is 12.1 Å². The first-order chi connectivity index (χ1) is 11.0. The van der Waals surface area contributed by atoms with E-state index in [0.29, 0.717) is 30.9 Å². The number of likely N-dealkylation sites (tertiary alicyclic amines) is 1. The van der Waals surface area contributed by atoms with Gasteiger partial charge in [-0.15, -0.1) is 0 Å². The van der Waals surface area contributed by atoms with Gasteiger partial charge in [-0.2, -0.15) is 0 Å². The van der Waals surface area contributed by atoms with Gasteiger partial charge in [-0.05, 0) is 24.6 Å². The fourth-order valence-corrected chi connectivity index (χ4v) is 2.66. The van der Waals surface area contributed by atoms with Gasteiger partial charge in [0.1, 0.15) is 6.61 Å². The van der Waals surface area contributed by atoms with Gasteiger partial charge in [0.15, 0.2) is 11.5 Å². The number of rotatable bonds is 6. The molecular formula is C16H21NO6. The lowest BCUT2D eigenvalue weighted by atomic mass is 10.2. The smallest absolute Gasteiger partial charge is 0.335 e. The molecule has 1 amide bonds. The Hall–Kier alpha value is -2.28. The normalized spacial score (nSPS) is 20.4. The van der Waals surface area contributed by atoms with Crippen molar-refractivity contribution in [3.63, 3.8) is 0 Å². The molecule has 2 atom stereocenters. The van der Waals surface area contributed by atoms with E-state index in [-0.39, 0.29) is 24.1 Å². The van der Waals surface area contributed by atoms with E-state index in [2.05, 4.69) is 0 Å². The second kappa shape index (κ2) is 7.32. The highest BCUT2D eigenvalue weighted by Gasteiger charge is 2.34. The molecule has 0 bridgehead atoms. The van der Waals surface area contributed by atoms with Crippen LogP contribution in [0, 0.1) is 0 Å². The first kappa shape index (κ1) is 17.1. The molecule has 1 aliphatic heterocycles. The number of nitrogens with zero attached hydrogens (tertiary/aromatic N) is 1. The fraction of sp³-hybridized carbons (Fsp3) is 0.500. The minimum Gasteiger partial charge on any atom is -0.493 e. The van der Waals surface area contributed by atoms with Gasteiger partial charge in [0.25, 0.3) is 0 Å². The van der Waals surface area contributed by atoms with Gasteiger partial charge >= 0.3 is 5.97 Å². The topological polar surface area (TPSA) is 96.3 Å². The van der Waals surface area contributed by atoms with Crippen LogP contribution in [0.2, 0.25) is 0 Å². The Kier molecular flexibility index (Phi) is 5.44. The molecule has 0 spiro atoms.